The average Bonchev–Trinajstić information content (AvgIpc) is 3.28. The number of rotatable bonds is 5. The highest BCUT2D eigenvalue weighted by Gasteiger charge is 2.34. The van der Waals surface area contributed by atoms with E-state index in [4.69, 9.17) is 9.26 Å². The number of ether oxygens (including phenoxy) is 1. The lowest BCUT2D eigenvalue weighted by molar-refractivity contribution is 0.180. The lowest BCUT2D eigenvalue weighted by Crippen LogP contribution is -2.39. The molecule has 1 saturated heterocycles. The molecule has 0 radical (unpaired) electrons. The molecular formula is C17H22N4O3. The van der Waals surface area contributed by atoms with Gasteiger partial charge in [0.15, 0.2) is 0 Å². The first-order valence-corrected chi connectivity index (χ1v) is 8.25. The highest BCUT2D eigenvalue weighted by Crippen LogP contribution is 2.32. The zero-order chi connectivity index (χ0) is 16.9. The van der Waals surface area contributed by atoms with Crippen LogP contribution in [0.2, 0.25) is 0 Å². The van der Waals surface area contributed by atoms with Crippen molar-refractivity contribution >= 4 is 6.03 Å². The molecule has 128 valence electrons. The van der Waals surface area contributed by atoms with E-state index in [1.54, 1.807) is 12.0 Å². The van der Waals surface area contributed by atoms with Crippen molar-refractivity contribution in [1.29, 1.82) is 0 Å². The van der Waals surface area contributed by atoms with Crippen LogP contribution in [-0.4, -0.2) is 41.3 Å². The number of aromatic nitrogens is 2. The predicted octanol–water partition coefficient (Wildman–Crippen LogP) is 3.00. The third-order valence-electron chi connectivity index (χ3n) is 4.11. The van der Waals surface area contributed by atoms with Crippen molar-refractivity contribution in [3.63, 3.8) is 0 Å². The molecule has 1 aliphatic rings. The Morgan fingerprint density at radius 3 is 2.92 bits per heavy atom. The first-order chi connectivity index (χ1) is 11.7. The second kappa shape index (κ2) is 7.33. The number of carbonyl (C=O) groups is 1. The Balaban J connectivity index is 1.75. The number of benzene rings is 1. The van der Waals surface area contributed by atoms with Gasteiger partial charge in [0.25, 0.3) is 0 Å². The molecule has 0 spiro atoms. The van der Waals surface area contributed by atoms with E-state index in [2.05, 4.69) is 15.5 Å². The molecule has 1 fully saturated rings. The lowest BCUT2D eigenvalue weighted by Gasteiger charge is -2.22. The Kier molecular flexibility index (Phi) is 4.98. The average molecular weight is 330 g/mol. The fourth-order valence-electron chi connectivity index (χ4n) is 2.83. The lowest BCUT2D eigenvalue weighted by atomic mass is 10.2. The highest BCUT2D eigenvalue weighted by atomic mass is 16.5. The summed E-state index contributed by atoms with van der Waals surface area (Å²) in [7, 11) is 1.62. The third-order valence-corrected chi connectivity index (χ3v) is 4.11. The molecule has 1 aliphatic heterocycles. The number of hydrogen-bond acceptors (Lipinski definition) is 5. The second-order valence-electron chi connectivity index (χ2n) is 5.77. The van der Waals surface area contributed by atoms with Crippen LogP contribution in [-0.2, 0) is 0 Å². The van der Waals surface area contributed by atoms with Crippen LogP contribution in [0.5, 0.6) is 5.75 Å². The van der Waals surface area contributed by atoms with Gasteiger partial charge in [0.1, 0.15) is 11.8 Å². The van der Waals surface area contributed by atoms with Gasteiger partial charge in [-0.1, -0.05) is 12.1 Å². The molecule has 2 amide bonds. The molecule has 7 nitrogen and oxygen atoms in total. The van der Waals surface area contributed by atoms with Gasteiger partial charge in [0.2, 0.25) is 11.7 Å². The molecule has 24 heavy (non-hydrogen) atoms. The number of urea groups is 1. The normalized spacial score (nSPS) is 17.1. The standard InChI is InChI=1S/C17H22N4O3/c1-3-10-18-17(22)21-11-4-5-14(21)16-19-15(20-24-16)12-6-8-13(23-2)9-7-12/h6-9,14H,3-5,10-11H2,1-2H3,(H,18,22)/t14-/m1/s1. The summed E-state index contributed by atoms with van der Waals surface area (Å²) in [5, 5.41) is 6.97. The maximum absolute atomic E-state index is 12.2. The van der Waals surface area contributed by atoms with Gasteiger partial charge in [-0.05, 0) is 43.5 Å². The molecule has 1 aromatic carbocycles. The Morgan fingerprint density at radius 2 is 2.21 bits per heavy atom. The molecule has 1 aromatic heterocycles. The minimum Gasteiger partial charge on any atom is -0.497 e. The van der Waals surface area contributed by atoms with Crippen LogP contribution in [0.25, 0.3) is 11.4 Å². The van der Waals surface area contributed by atoms with Gasteiger partial charge >= 0.3 is 6.03 Å². The number of nitrogens with zero attached hydrogens (tertiary/aromatic N) is 3. The first-order valence-electron chi connectivity index (χ1n) is 8.25. The predicted molar refractivity (Wildman–Crippen MR) is 88.7 cm³/mol. The van der Waals surface area contributed by atoms with E-state index in [1.807, 2.05) is 31.2 Å². The molecule has 3 rings (SSSR count). The van der Waals surface area contributed by atoms with Crippen molar-refractivity contribution in [3.05, 3.63) is 30.2 Å². The molecular weight excluding hydrogens is 308 g/mol. The van der Waals surface area contributed by atoms with E-state index >= 15 is 0 Å². The molecule has 0 unspecified atom stereocenters. The maximum Gasteiger partial charge on any atom is 0.318 e. The van der Waals surface area contributed by atoms with Crippen LogP contribution in [0.15, 0.2) is 28.8 Å². The fraction of sp³-hybridized carbons (Fsp3) is 0.471. The Hall–Kier alpha value is -2.57. The maximum atomic E-state index is 12.2. The SMILES string of the molecule is CCCNC(=O)N1CCC[C@@H]1c1nc(-c2ccc(OC)cc2)no1. The van der Waals surface area contributed by atoms with E-state index in [0.717, 1.165) is 30.6 Å². The molecule has 0 saturated carbocycles. The number of amides is 2. The zero-order valence-electron chi connectivity index (χ0n) is 14.0. The van der Waals surface area contributed by atoms with Gasteiger partial charge in [-0.2, -0.15) is 4.98 Å². The Morgan fingerprint density at radius 1 is 1.42 bits per heavy atom. The largest absolute Gasteiger partial charge is 0.497 e. The second-order valence-corrected chi connectivity index (χ2v) is 5.77. The van der Waals surface area contributed by atoms with Crippen molar-refractivity contribution < 1.29 is 14.1 Å². The van der Waals surface area contributed by atoms with Crippen LogP contribution >= 0.6 is 0 Å². The van der Waals surface area contributed by atoms with Gasteiger partial charge in [-0.3, -0.25) is 0 Å². The van der Waals surface area contributed by atoms with Gasteiger partial charge in [0.05, 0.1) is 7.11 Å². The summed E-state index contributed by atoms with van der Waals surface area (Å²) in [6.07, 6.45) is 2.68. The van der Waals surface area contributed by atoms with E-state index in [0.29, 0.717) is 24.8 Å². The third kappa shape index (κ3) is 3.34. The number of methoxy groups -OCH3 is 1. The van der Waals surface area contributed by atoms with Crippen molar-refractivity contribution in [2.45, 2.75) is 32.2 Å². The van der Waals surface area contributed by atoms with E-state index < -0.39 is 0 Å². The van der Waals surface area contributed by atoms with Crippen LogP contribution in [0.3, 0.4) is 0 Å². The summed E-state index contributed by atoms with van der Waals surface area (Å²) in [4.78, 5) is 18.5. The van der Waals surface area contributed by atoms with Crippen LogP contribution in [0, 0.1) is 0 Å². The van der Waals surface area contributed by atoms with Crippen LogP contribution in [0.4, 0.5) is 4.79 Å². The first kappa shape index (κ1) is 16.3. The van der Waals surface area contributed by atoms with Crippen LogP contribution in [0.1, 0.15) is 38.1 Å². The molecule has 1 N–H and O–H groups in total. The minimum atomic E-state index is -0.152. The molecule has 0 bridgehead atoms. The monoisotopic (exact) mass is 330 g/mol. The van der Waals surface area contributed by atoms with E-state index in [-0.39, 0.29) is 12.1 Å². The summed E-state index contributed by atoms with van der Waals surface area (Å²) < 4.78 is 10.6. The zero-order valence-corrected chi connectivity index (χ0v) is 14.0. The summed E-state index contributed by atoms with van der Waals surface area (Å²) in [6.45, 7) is 3.41. The summed E-state index contributed by atoms with van der Waals surface area (Å²) in [5.74, 6) is 1.79. The summed E-state index contributed by atoms with van der Waals surface area (Å²) in [6, 6.07) is 7.25. The van der Waals surface area contributed by atoms with Crippen molar-refractivity contribution in [2.24, 2.45) is 0 Å². The fourth-order valence-corrected chi connectivity index (χ4v) is 2.83. The number of hydrogen-bond donors (Lipinski definition) is 1. The minimum absolute atomic E-state index is 0.0662. The summed E-state index contributed by atoms with van der Waals surface area (Å²) >= 11 is 0. The number of nitrogens with one attached hydrogen (secondary N) is 1. The highest BCUT2D eigenvalue weighted by molar-refractivity contribution is 5.74. The molecule has 0 aliphatic carbocycles. The number of carbonyl (C=O) groups excluding carboxylic acids is 1. The van der Waals surface area contributed by atoms with Crippen molar-refractivity contribution in [2.75, 3.05) is 20.2 Å². The van der Waals surface area contributed by atoms with Crippen molar-refractivity contribution in [1.82, 2.24) is 20.4 Å². The quantitative estimate of drug-likeness (QED) is 0.911. The van der Waals surface area contributed by atoms with Gasteiger partial charge < -0.3 is 19.5 Å². The smallest absolute Gasteiger partial charge is 0.318 e. The summed E-state index contributed by atoms with van der Waals surface area (Å²) in [5.41, 5.74) is 0.853. The number of likely N-dealkylation sites (tertiary alicyclic amines) is 1. The molecule has 2 heterocycles. The Bertz CT molecular complexity index is 683. The van der Waals surface area contributed by atoms with E-state index in [9.17, 15) is 4.79 Å². The molecule has 1 atom stereocenters. The topological polar surface area (TPSA) is 80.5 Å². The van der Waals surface area contributed by atoms with Gasteiger partial charge in [-0.15, -0.1) is 0 Å². The molecule has 2 aromatic rings. The Labute approximate surface area is 141 Å². The van der Waals surface area contributed by atoms with Gasteiger partial charge in [0, 0.05) is 18.7 Å². The van der Waals surface area contributed by atoms with Crippen LogP contribution < -0.4 is 10.1 Å². The van der Waals surface area contributed by atoms with E-state index in [1.165, 1.54) is 0 Å². The van der Waals surface area contributed by atoms with Gasteiger partial charge in [-0.25, -0.2) is 4.79 Å². The molecule has 7 heteroatoms. The van der Waals surface area contributed by atoms with Crippen molar-refractivity contribution in [3.8, 4) is 17.1 Å².